The van der Waals surface area contributed by atoms with Crippen molar-refractivity contribution in [2.24, 2.45) is 7.05 Å². The number of hydrogen-bond acceptors (Lipinski definition) is 2. The summed E-state index contributed by atoms with van der Waals surface area (Å²) in [6, 6.07) is 1.97. The largest absolute Gasteiger partial charge is 0.434 e. The fourth-order valence-electron chi connectivity index (χ4n) is 1.77. The van der Waals surface area contributed by atoms with E-state index in [4.69, 9.17) is 0 Å². The maximum absolute atomic E-state index is 13.9. The van der Waals surface area contributed by atoms with Crippen LogP contribution in [0.15, 0.2) is 18.3 Å². The summed E-state index contributed by atoms with van der Waals surface area (Å²) in [4.78, 5) is 3.27. The molecule has 108 valence electrons. The van der Waals surface area contributed by atoms with Crippen molar-refractivity contribution in [2.45, 2.75) is 6.18 Å². The third kappa shape index (κ3) is 2.45. The standard InChI is InChI=1S/C12H10F5N3/c1-18-6-3-7(13)10(8(14)4-6)11-19-9(5-20(11)2)12(15,16)17/h3-5,18H,1-2H3. The Morgan fingerprint density at radius 3 is 2.10 bits per heavy atom. The molecule has 1 N–H and O–H groups in total. The van der Waals surface area contributed by atoms with Crippen molar-refractivity contribution in [1.29, 1.82) is 0 Å². The van der Waals surface area contributed by atoms with Gasteiger partial charge in [0, 0.05) is 26.0 Å². The van der Waals surface area contributed by atoms with E-state index in [1.807, 2.05) is 0 Å². The van der Waals surface area contributed by atoms with Gasteiger partial charge in [-0.25, -0.2) is 13.8 Å². The van der Waals surface area contributed by atoms with Crippen molar-refractivity contribution < 1.29 is 22.0 Å². The number of aromatic nitrogens is 2. The van der Waals surface area contributed by atoms with E-state index in [0.29, 0.717) is 6.20 Å². The summed E-state index contributed by atoms with van der Waals surface area (Å²) in [5.41, 5.74) is -1.62. The minimum absolute atomic E-state index is 0.175. The first-order chi connectivity index (χ1) is 9.24. The second-order valence-electron chi connectivity index (χ2n) is 4.12. The average Bonchev–Trinajstić information content (AvgIpc) is 2.70. The number of halogens is 5. The number of benzene rings is 1. The highest BCUT2D eigenvalue weighted by molar-refractivity contribution is 5.62. The number of nitrogens with one attached hydrogen (secondary N) is 1. The second kappa shape index (κ2) is 4.77. The molecular weight excluding hydrogens is 281 g/mol. The van der Waals surface area contributed by atoms with Gasteiger partial charge < -0.3 is 9.88 Å². The average molecular weight is 291 g/mol. The van der Waals surface area contributed by atoms with E-state index in [2.05, 4.69) is 10.3 Å². The first-order valence-corrected chi connectivity index (χ1v) is 5.51. The minimum atomic E-state index is -4.67. The number of hydrogen-bond donors (Lipinski definition) is 1. The third-order valence-electron chi connectivity index (χ3n) is 2.72. The van der Waals surface area contributed by atoms with E-state index in [0.717, 1.165) is 16.7 Å². The molecular formula is C12H10F5N3. The molecule has 0 aliphatic rings. The Morgan fingerprint density at radius 1 is 1.15 bits per heavy atom. The Kier molecular flexibility index (Phi) is 3.41. The first kappa shape index (κ1) is 14.3. The van der Waals surface area contributed by atoms with Crippen LogP contribution in [-0.2, 0) is 13.2 Å². The van der Waals surface area contributed by atoms with Crippen LogP contribution in [0.3, 0.4) is 0 Å². The summed E-state index contributed by atoms with van der Waals surface area (Å²) in [7, 11) is 2.71. The molecule has 0 aliphatic heterocycles. The van der Waals surface area contributed by atoms with E-state index in [-0.39, 0.29) is 5.69 Å². The van der Waals surface area contributed by atoms with Gasteiger partial charge in [-0.15, -0.1) is 0 Å². The fourth-order valence-corrected chi connectivity index (χ4v) is 1.77. The van der Waals surface area contributed by atoms with E-state index >= 15 is 0 Å². The molecule has 0 aliphatic carbocycles. The SMILES string of the molecule is CNc1cc(F)c(-c2nc(C(F)(F)F)cn2C)c(F)c1. The van der Waals surface area contributed by atoms with Crippen molar-refractivity contribution >= 4 is 5.69 Å². The summed E-state index contributed by atoms with van der Waals surface area (Å²) in [6.07, 6.45) is -3.99. The minimum Gasteiger partial charge on any atom is -0.388 e. The van der Waals surface area contributed by atoms with Crippen molar-refractivity contribution in [3.63, 3.8) is 0 Å². The topological polar surface area (TPSA) is 29.9 Å². The van der Waals surface area contributed by atoms with Crippen LogP contribution in [0, 0.1) is 11.6 Å². The quantitative estimate of drug-likeness (QED) is 0.859. The predicted octanol–water partition coefficient (Wildman–Crippen LogP) is 3.43. The van der Waals surface area contributed by atoms with E-state index in [1.54, 1.807) is 0 Å². The molecule has 2 rings (SSSR count). The van der Waals surface area contributed by atoms with Crippen LogP contribution in [-0.4, -0.2) is 16.6 Å². The van der Waals surface area contributed by atoms with Gasteiger partial charge in [0.1, 0.15) is 17.5 Å². The van der Waals surface area contributed by atoms with Gasteiger partial charge in [0.15, 0.2) is 5.69 Å². The van der Waals surface area contributed by atoms with Crippen LogP contribution in [0.4, 0.5) is 27.6 Å². The lowest BCUT2D eigenvalue weighted by molar-refractivity contribution is -0.140. The first-order valence-electron chi connectivity index (χ1n) is 5.51. The molecule has 0 amide bonds. The normalized spacial score (nSPS) is 11.8. The molecule has 1 aromatic carbocycles. The van der Waals surface area contributed by atoms with Gasteiger partial charge in [0.25, 0.3) is 0 Å². The summed E-state index contributed by atoms with van der Waals surface area (Å²) < 4.78 is 66.3. The number of anilines is 1. The molecule has 0 saturated heterocycles. The van der Waals surface area contributed by atoms with Gasteiger partial charge in [-0.2, -0.15) is 13.2 Å². The zero-order valence-electron chi connectivity index (χ0n) is 10.5. The van der Waals surface area contributed by atoms with Crippen molar-refractivity contribution in [1.82, 2.24) is 9.55 Å². The van der Waals surface area contributed by atoms with E-state index < -0.39 is 34.9 Å². The molecule has 0 fully saturated rings. The van der Waals surface area contributed by atoms with Gasteiger partial charge >= 0.3 is 6.18 Å². The smallest absolute Gasteiger partial charge is 0.388 e. The Labute approximate surface area is 111 Å². The number of aryl methyl sites for hydroxylation is 1. The number of imidazole rings is 1. The van der Waals surface area contributed by atoms with Crippen molar-refractivity contribution in [2.75, 3.05) is 12.4 Å². The Morgan fingerprint density at radius 2 is 1.70 bits per heavy atom. The monoisotopic (exact) mass is 291 g/mol. The summed E-state index contributed by atoms with van der Waals surface area (Å²) in [5.74, 6) is -2.40. The molecule has 2 aromatic rings. The third-order valence-corrected chi connectivity index (χ3v) is 2.72. The molecule has 0 atom stereocenters. The summed E-state index contributed by atoms with van der Waals surface area (Å²) >= 11 is 0. The molecule has 0 spiro atoms. The Balaban J connectivity index is 2.61. The number of nitrogens with zero attached hydrogens (tertiary/aromatic N) is 2. The zero-order chi connectivity index (χ0) is 15.1. The maximum Gasteiger partial charge on any atom is 0.434 e. The Bertz CT molecular complexity index is 622. The van der Waals surface area contributed by atoms with Gasteiger partial charge in [-0.05, 0) is 12.1 Å². The van der Waals surface area contributed by atoms with Crippen LogP contribution >= 0.6 is 0 Å². The molecule has 20 heavy (non-hydrogen) atoms. The van der Waals surface area contributed by atoms with Crippen LogP contribution < -0.4 is 5.32 Å². The number of alkyl halides is 3. The summed E-state index contributed by atoms with van der Waals surface area (Å²) in [6.45, 7) is 0. The van der Waals surface area contributed by atoms with Crippen molar-refractivity contribution in [3.05, 3.63) is 35.7 Å². The molecule has 3 nitrogen and oxygen atoms in total. The molecule has 0 unspecified atom stereocenters. The maximum atomic E-state index is 13.9. The van der Waals surface area contributed by atoms with Crippen LogP contribution in [0.5, 0.6) is 0 Å². The Hall–Kier alpha value is -2.12. The second-order valence-corrected chi connectivity index (χ2v) is 4.12. The molecule has 1 aromatic heterocycles. The predicted molar refractivity (Wildman–Crippen MR) is 63.1 cm³/mol. The van der Waals surface area contributed by atoms with Crippen LogP contribution in [0.1, 0.15) is 5.69 Å². The number of rotatable bonds is 2. The highest BCUT2D eigenvalue weighted by Gasteiger charge is 2.35. The molecule has 0 bridgehead atoms. The van der Waals surface area contributed by atoms with Crippen molar-refractivity contribution in [3.8, 4) is 11.4 Å². The van der Waals surface area contributed by atoms with Crippen LogP contribution in [0.25, 0.3) is 11.4 Å². The fraction of sp³-hybridized carbons (Fsp3) is 0.250. The lowest BCUT2D eigenvalue weighted by Gasteiger charge is -2.07. The van der Waals surface area contributed by atoms with Gasteiger partial charge in [0.05, 0.1) is 5.56 Å². The molecule has 8 heteroatoms. The van der Waals surface area contributed by atoms with E-state index in [9.17, 15) is 22.0 Å². The van der Waals surface area contributed by atoms with Gasteiger partial charge in [-0.1, -0.05) is 0 Å². The lowest BCUT2D eigenvalue weighted by Crippen LogP contribution is -2.05. The van der Waals surface area contributed by atoms with E-state index in [1.165, 1.54) is 14.1 Å². The molecule has 0 saturated carbocycles. The van der Waals surface area contributed by atoms with Gasteiger partial charge in [0.2, 0.25) is 0 Å². The highest BCUT2D eigenvalue weighted by atomic mass is 19.4. The zero-order valence-corrected chi connectivity index (χ0v) is 10.5. The summed E-state index contributed by atoms with van der Waals surface area (Å²) in [5, 5.41) is 2.54. The highest BCUT2D eigenvalue weighted by Crippen LogP contribution is 2.33. The molecule has 0 radical (unpaired) electrons. The van der Waals surface area contributed by atoms with Gasteiger partial charge in [-0.3, -0.25) is 0 Å². The molecule has 1 heterocycles. The lowest BCUT2D eigenvalue weighted by atomic mass is 10.1. The van der Waals surface area contributed by atoms with Crippen LogP contribution in [0.2, 0.25) is 0 Å².